The predicted octanol–water partition coefficient (Wildman–Crippen LogP) is 3.68. The summed E-state index contributed by atoms with van der Waals surface area (Å²) in [5.41, 5.74) is 2.42. The van der Waals surface area contributed by atoms with Gasteiger partial charge in [-0.25, -0.2) is 17.9 Å². The first-order valence-corrected chi connectivity index (χ1v) is 8.75. The average Bonchev–Trinajstić information content (AvgIpc) is 2.87. The molecule has 1 aromatic carbocycles. The van der Waals surface area contributed by atoms with E-state index < -0.39 is 13.0 Å². The molecule has 3 rings (SSSR count). The molecule has 2 heterocycles. The van der Waals surface area contributed by atoms with E-state index in [2.05, 4.69) is 23.8 Å². The topological polar surface area (TPSA) is 30.3 Å². The van der Waals surface area contributed by atoms with Gasteiger partial charge in [0.05, 0.1) is 12.8 Å². The van der Waals surface area contributed by atoms with Crippen molar-refractivity contribution in [1.29, 1.82) is 0 Å². The van der Waals surface area contributed by atoms with Crippen molar-refractivity contribution in [3.63, 3.8) is 0 Å². The Labute approximate surface area is 151 Å². The Bertz CT molecular complexity index is 745. The van der Waals surface area contributed by atoms with Crippen molar-refractivity contribution in [2.24, 2.45) is 5.41 Å². The monoisotopic (exact) mass is 367 g/mol. The van der Waals surface area contributed by atoms with Crippen molar-refractivity contribution in [2.45, 2.75) is 33.2 Å². The molecular formula is C19H24F3N3O. The summed E-state index contributed by atoms with van der Waals surface area (Å²) < 4.78 is 45.3. The fourth-order valence-corrected chi connectivity index (χ4v) is 3.49. The number of alkyl halides is 2. The number of hydrogen-bond acceptors (Lipinski definition) is 3. The van der Waals surface area contributed by atoms with Gasteiger partial charge in [0.1, 0.15) is 18.1 Å². The quantitative estimate of drug-likeness (QED) is 0.730. The minimum atomic E-state index is -2.44. The first-order valence-electron chi connectivity index (χ1n) is 8.75. The van der Waals surface area contributed by atoms with Gasteiger partial charge in [0.25, 0.3) is 6.43 Å². The van der Waals surface area contributed by atoms with Crippen LogP contribution in [0.3, 0.4) is 0 Å². The van der Waals surface area contributed by atoms with Crippen LogP contribution in [0.15, 0.2) is 30.5 Å². The molecule has 0 radical (unpaired) electrons. The van der Waals surface area contributed by atoms with Crippen molar-refractivity contribution >= 4 is 0 Å². The summed E-state index contributed by atoms with van der Waals surface area (Å²) >= 11 is 0. The van der Waals surface area contributed by atoms with E-state index in [1.165, 1.54) is 6.07 Å². The van der Waals surface area contributed by atoms with Crippen LogP contribution < -0.4 is 0 Å². The molecule has 142 valence electrons. The SMILES string of the molecule is CC1(C)Cc2c(cnn2-c2ccccc2F)CN(CCOCC(F)F)C1. The lowest BCUT2D eigenvalue weighted by atomic mass is 9.87. The third-order valence-electron chi connectivity index (χ3n) is 4.52. The molecule has 26 heavy (non-hydrogen) atoms. The van der Waals surface area contributed by atoms with Crippen molar-refractivity contribution in [3.05, 3.63) is 47.5 Å². The van der Waals surface area contributed by atoms with Crippen LogP contribution in [0.1, 0.15) is 25.1 Å². The molecule has 0 amide bonds. The molecule has 1 aliphatic heterocycles. The third kappa shape index (κ3) is 4.45. The van der Waals surface area contributed by atoms with Gasteiger partial charge in [-0.3, -0.25) is 4.90 Å². The maximum atomic E-state index is 14.2. The minimum absolute atomic E-state index is 0.0585. The molecule has 0 saturated heterocycles. The van der Waals surface area contributed by atoms with Gasteiger partial charge >= 0.3 is 0 Å². The van der Waals surface area contributed by atoms with Gasteiger partial charge in [-0.2, -0.15) is 5.10 Å². The standard InChI is InChI=1S/C19H24F3N3O/c1-19(2)9-17-14(11-24(13-19)7-8-26-12-18(21)22)10-23-25(17)16-6-4-3-5-15(16)20/h3-6,10,18H,7-9,11-13H2,1-2H3. The molecule has 7 heteroatoms. The van der Waals surface area contributed by atoms with Crippen LogP contribution in [-0.2, 0) is 17.7 Å². The van der Waals surface area contributed by atoms with E-state index >= 15 is 0 Å². The van der Waals surface area contributed by atoms with Crippen LogP contribution in [0, 0.1) is 11.2 Å². The highest BCUT2D eigenvalue weighted by atomic mass is 19.3. The number of rotatable bonds is 6. The Morgan fingerprint density at radius 1 is 1.27 bits per heavy atom. The molecule has 0 fully saturated rings. The van der Waals surface area contributed by atoms with Crippen LogP contribution >= 0.6 is 0 Å². The highest BCUT2D eigenvalue weighted by Crippen LogP contribution is 2.31. The number of aromatic nitrogens is 2. The second kappa shape index (κ2) is 7.80. The normalized spacial score (nSPS) is 17.3. The van der Waals surface area contributed by atoms with E-state index in [1.54, 1.807) is 29.1 Å². The van der Waals surface area contributed by atoms with Crippen LogP contribution in [-0.4, -0.2) is 47.4 Å². The van der Waals surface area contributed by atoms with Gasteiger partial charge in [0.2, 0.25) is 0 Å². The molecule has 0 atom stereocenters. The highest BCUT2D eigenvalue weighted by Gasteiger charge is 2.30. The first kappa shape index (κ1) is 18.9. The lowest BCUT2D eigenvalue weighted by Gasteiger charge is -2.29. The minimum Gasteiger partial charge on any atom is -0.374 e. The summed E-state index contributed by atoms with van der Waals surface area (Å²) in [6.07, 6.45) is 0.0857. The average molecular weight is 367 g/mol. The Morgan fingerprint density at radius 2 is 2.04 bits per heavy atom. The second-order valence-electron chi connectivity index (χ2n) is 7.50. The van der Waals surface area contributed by atoms with Crippen molar-refractivity contribution in [3.8, 4) is 5.69 Å². The Kier molecular flexibility index (Phi) is 5.67. The number of benzene rings is 1. The maximum Gasteiger partial charge on any atom is 0.261 e. The summed E-state index contributed by atoms with van der Waals surface area (Å²) in [4.78, 5) is 2.19. The van der Waals surface area contributed by atoms with E-state index in [9.17, 15) is 13.2 Å². The zero-order valence-electron chi connectivity index (χ0n) is 15.1. The largest absolute Gasteiger partial charge is 0.374 e. The molecule has 0 N–H and O–H groups in total. The Hall–Kier alpha value is -1.86. The lowest BCUT2D eigenvalue weighted by Crippen LogP contribution is -2.35. The molecule has 0 aliphatic carbocycles. The lowest BCUT2D eigenvalue weighted by molar-refractivity contribution is 0.00644. The second-order valence-corrected chi connectivity index (χ2v) is 7.50. The zero-order chi connectivity index (χ0) is 18.7. The smallest absolute Gasteiger partial charge is 0.261 e. The maximum absolute atomic E-state index is 14.2. The van der Waals surface area contributed by atoms with Gasteiger partial charge in [0, 0.05) is 30.9 Å². The summed E-state index contributed by atoms with van der Waals surface area (Å²) in [7, 11) is 0. The molecule has 0 saturated carbocycles. The Balaban J connectivity index is 1.80. The number of halogens is 3. The van der Waals surface area contributed by atoms with E-state index in [0.717, 1.165) is 24.2 Å². The fourth-order valence-electron chi connectivity index (χ4n) is 3.49. The number of para-hydroxylation sites is 1. The number of fused-ring (bicyclic) bond motifs is 1. The molecular weight excluding hydrogens is 343 g/mol. The van der Waals surface area contributed by atoms with Crippen molar-refractivity contribution < 1.29 is 17.9 Å². The summed E-state index contributed by atoms with van der Waals surface area (Å²) in [6.45, 7) is 6.04. The van der Waals surface area contributed by atoms with E-state index in [-0.39, 0.29) is 17.8 Å². The van der Waals surface area contributed by atoms with Crippen molar-refractivity contribution in [2.75, 3.05) is 26.3 Å². The van der Waals surface area contributed by atoms with Crippen LogP contribution in [0.4, 0.5) is 13.2 Å². The highest BCUT2D eigenvalue weighted by molar-refractivity contribution is 5.37. The van der Waals surface area contributed by atoms with Gasteiger partial charge in [-0.15, -0.1) is 0 Å². The molecule has 0 bridgehead atoms. The van der Waals surface area contributed by atoms with Crippen LogP contribution in [0.5, 0.6) is 0 Å². The summed E-state index contributed by atoms with van der Waals surface area (Å²) in [5, 5.41) is 4.41. The summed E-state index contributed by atoms with van der Waals surface area (Å²) in [5.74, 6) is -0.308. The molecule has 0 unspecified atom stereocenters. The summed E-state index contributed by atoms with van der Waals surface area (Å²) in [6, 6.07) is 6.60. The van der Waals surface area contributed by atoms with Gasteiger partial charge < -0.3 is 4.74 Å². The van der Waals surface area contributed by atoms with E-state index in [4.69, 9.17) is 4.74 Å². The molecule has 1 aliphatic rings. The van der Waals surface area contributed by atoms with Gasteiger partial charge in [-0.05, 0) is 24.0 Å². The zero-order valence-corrected chi connectivity index (χ0v) is 15.1. The third-order valence-corrected chi connectivity index (χ3v) is 4.52. The van der Waals surface area contributed by atoms with Crippen LogP contribution in [0.25, 0.3) is 5.69 Å². The molecule has 4 nitrogen and oxygen atoms in total. The molecule has 2 aromatic rings. The number of hydrogen-bond donors (Lipinski definition) is 0. The molecule has 0 spiro atoms. The number of ether oxygens (including phenoxy) is 1. The van der Waals surface area contributed by atoms with E-state index in [1.807, 2.05) is 0 Å². The van der Waals surface area contributed by atoms with Crippen molar-refractivity contribution in [1.82, 2.24) is 14.7 Å². The fraction of sp³-hybridized carbons (Fsp3) is 0.526. The first-order chi connectivity index (χ1) is 12.4. The van der Waals surface area contributed by atoms with E-state index in [0.29, 0.717) is 18.8 Å². The molecule has 1 aromatic heterocycles. The Morgan fingerprint density at radius 3 is 2.77 bits per heavy atom. The predicted molar refractivity (Wildman–Crippen MR) is 93.1 cm³/mol. The van der Waals surface area contributed by atoms with Gasteiger partial charge in [-0.1, -0.05) is 26.0 Å². The number of nitrogens with zero attached hydrogens (tertiary/aromatic N) is 3. The van der Waals surface area contributed by atoms with Gasteiger partial charge in [0.15, 0.2) is 0 Å². The van der Waals surface area contributed by atoms with Crippen LogP contribution in [0.2, 0.25) is 0 Å².